The number of hydrogen-bond acceptors (Lipinski definition) is 9. The molecule has 1 saturated heterocycles. The van der Waals surface area contributed by atoms with Crippen LogP contribution < -0.4 is 20.2 Å². The first kappa shape index (κ1) is 27.1. The summed E-state index contributed by atoms with van der Waals surface area (Å²) < 4.78 is 24.3. The van der Waals surface area contributed by atoms with Crippen molar-refractivity contribution in [2.75, 3.05) is 10.2 Å². The van der Waals surface area contributed by atoms with Crippen molar-refractivity contribution in [3.63, 3.8) is 0 Å². The molecule has 3 amide bonds. The molecule has 41 heavy (non-hydrogen) atoms. The van der Waals surface area contributed by atoms with Crippen molar-refractivity contribution in [3.8, 4) is 0 Å². The molecule has 0 saturated carbocycles. The number of rotatable bonds is 6. The molecule has 14 heteroatoms. The first-order valence-electron chi connectivity index (χ1n) is 12.3. The summed E-state index contributed by atoms with van der Waals surface area (Å²) in [6, 6.07) is 17.5. The number of hydrogen-bond donors (Lipinski definition) is 2. The average molecular weight is 608 g/mol. The summed E-state index contributed by atoms with van der Waals surface area (Å²) in [7, 11) is -3.89. The molecule has 2 aliphatic heterocycles. The number of imide groups is 1. The van der Waals surface area contributed by atoms with E-state index in [9.17, 15) is 27.6 Å². The monoisotopic (exact) mass is 607 g/mol. The van der Waals surface area contributed by atoms with Crippen LogP contribution in [-0.4, -0.2) is 40.9 Å². The van der Waals surface area contributed by atoms with Gasteiger partial charge in [0.15, 0.2) is 0 Å². The minimum absolute atomic E-state index is 0.105. The molecule has 2 aliphatic rings. The van der Waals surface area contributed by atoms with Gasteiger partial charge in [0.1, 0.15) is 11.8 Å². The zero-order valence-electron chi connectivity index (χ0n) is 21.0. The van der Waals surface area contributed by atoms with E-state index in [0.717, 1.165) is 23.1 Å². The van der Waals surface area contributed by atoms with Crippen LogP contribution in [0.1, 0.15) is 16.4 Å². The molecule has 4 heterocycles. The van der Waals surface area contributed by atoms with Gasteiger partial charge in [-0.2, -0.15) is 0 Å². The molecular weight excluding hydrogens is 587 g/mol. The molecule has 4 aromatic rings. The number of para-hydroxylation sites is 1. The second kappa shape index (κ2) is 10.4. The molecule has 2 aromatic carbocycles. The maximum Gasteiger partial charge on any atom is 0.308 e. The van der Waals surface area contributed by atoms with Crippen LogP contribution in [0.25, 0.3) is 0 Å². The molecule has 1 fully saturated rings. The lowest BCUT2D eigenvalue weighted by molar-refractivity contribution is -0.122. The van der Waals surface area contributed by atoms with E-state index in [0.29, 0.717) is 26.8 Å². The highest BCUT2D eigenvalue weighted by Gasteiger charge is 2.56. The highest BCUT2D eigenvalue weighted by atomic mass is 32.2. The number of primary sulfonamides is 1. The average Bonchev–Trinajstić information content (AvgIpc) is 3.39. The molecule has 3 N–H and O–H groups in total. The van der Waals surface area contributed by atoms with E-state index in [4.69, 9.17) is 5.14 Å². The van der Waals surface area contributed by atoms with Gasteiger partial charge in [-0.25, -0.2) is 18.5 Å². The Bertz CT molecular complexity index is 1840. The largest absolute Gasteiger partial charge is 0.325 e. The van der Waals surface area contributed by atoms with Gasteiger partial charge in [0.2, 0.25) is 27.7 Å². The molecule has 2 unspecified atom stereocenters. The van der Waals surface area contributed by atoms with Gasteiger partial charge in [-0.3, -0.25) is 28.7 Å². The number of amides is 3. The lowest BCUT2D eigenvalue weighted by atomic mass is 9.84. The Morgan fingerprint density at radius 1 is 0.976 bits per heavy atom. The molecule has 0 aliphatic carbocycles. The van der Waals surface area contributed by atoms with Gasteiger partial charge in [0.05, 0.1) is 21.5 Å². The topological polar surface area (TPSA) is 162 Å². The summed E-state index contributed by atoms with van der Waals surface area (Å²) in [6.07, 6.45) is 3.22. The zero-order valence-corrected chi connectivity index (χ0v) is 23.5. The fourth-order valence-corrected chi connectivity index (χ4v) is 8.37. The van der Waals surface area contributed by atoms with Crippen LogP contribution in [0.2, 0.25) is 0 Å². The van der Waals surface area contributed by atoms with Gasteiger partial charge < -0.3 is 5.32 Å². The SMILES string of the molecule is NS(=O)(=O)c1ccc(NC(=O)Cn2c3c(sc2=O)[C@H](c2cccnc2)C2C(=O)N(c4ccccc4)C(=O)C2S3)cc1. The zero-order chi connectivity index (χ0) is 28.9. The number of nitrogens with two attached hydrogens (primary N) is 1. The van der Waals surface area contributed by atoms with Crippen molar-refractivity contribution < 1.29 is 22.8 Å². The number of carbonyl (C=O) groups excluding carboxylic acids is 3. The third-order valence-electron chi connectivity index (χ3n) is 6.88. The van der Waals surface area contributed by atoms with Gasteiger partial charge in [-0.15, -0.1) is 0 Å². The van der Waals surface area contributed by atoms with E-state index in [1.165, 1.54) is 33.7 Å². The molecule has 208 valence electrons. The number of sulfonamides is 1. The van der Waals surface area contributed by atoms with Crippen molar-refractivity contribution in [1.82, 2.24) is 9.55 Å². The highest BCUT2D eigenvalue weighted by Crippen LogP contribution is 2.53. The van der Waals surface area contributed by atoms with E-state index in [2.05, 4.69) is 10.3 Å². The summed E-state index contributed by atoms with van der Waals surface area (Å²) in [6.45, 7) is -0.351. The van der Waals surface area contributed by atoms with E-state index in [1.54, 1.807) is 48.8 Å². The van der Waals surface area contributed by atoms with E-state index in [-0.39, 0.29) is 23.3 Å². The Hall–Kier alpha value is -4.11. The second-order valence-corrected chi connectivity index (χ2v) is 13.1. The van der Waals surface area contributed by atoms with E-state index in [1.807, 2.05) is 6.07 Å². The minimum atomic E-state index is -3.89. The predicted octanol–water partition coefficient (Wildman–Crippen LogP) is 2.39. The fraction of sp³-hybridized carbons (Fsp3) is 0.148. The van der Waals surface area contributed by atoms with Gasteiger partial charge in [-0.1, -0.05) is 47.4 Å². The number of nitrogens with zero attached hydrogens (tertiary/aromatic N) is 3. The second-order valence-electron chi connectivity index (χ2n) is 9.42. The normalized spacial score (nSPS) is 20.0. The lowest BCUT2D eigenvalue weighted by Gasteiger charge is -2.30. The molecule has 2 aromatic heterocycles. The molecule has 6 rings (SSSR count). The number of thiazole rings is 1. The van der Waals surface area contributed by atoms with Crippen molar-refractivity contribution in [3.05, 3.63) is 99.2 Å². The molecule has 11 nitrogen and oxygen atoms in total. The Kier molecular flexibility index (Phi) is 6.85. The van der Waals surface area contributed by atoms with Crippen LogP contribution in [0.3, 0.4) is 0 Å². The van der Waals surface area contributed by atoms with Crippen molar-refractivity contribution in [1.29, 1.82) is 0 Å². The first-order valence-corrected chi connectivity index (χ1v) is 15.5. The number of fused-ring (bicyclic) bond motifs is 2. The van der Waals surface area contributed by atoms with Crippen molar-refractivity contribution in [2.24, 2.45) is 11.1 Å². The number of thioether (sulfide) groups is 1. The quantitative estimate of drug-likeness (QED) is 0.316. The first-order chi connectivity index (χ1) is 19.6. The number of aromatic nitrogens is 2. The summed E-state index contributed by atoms with van der Waals surface area (Å²) in [5, 5.41) is 7.41. The Labute approximate surface area is 242 Å². The number of nitrogens with one attached hydrogen (secondary N) is 1. The predicted molar refractivity (Wildman–Crippen MR) is 153 cm³/mol. The van der Waals surface area contributed by atoms with Crippen LogP contribution in [0.5, 0.6) is 0 Å². The van der Waals surface area contributed by atoms with Crippen LogP contribution in [0.4, 0.5) is 11.4 Å². The summed E-state index contributed by atoms with van der Waals surface area (Å²) in [5.74, 6) is -2.65. The Balaban J connectivity index is 1.35. The van der Waals surface area contributed by atoms with E-state index < -0.39 is 37.9 Å². The fourth-order valence-electron chi connectivity index (χ4n) is 5.08. The molecular formula is C27H21N5O6S3. The van der Waals surface area contributed by atoms with Crippen LogP contribution in [0.15, 0.2) is 93.8 Å². The number of anilines is 2. The molecule has 3 atom stereocenters. The molecule has 0 bridgehead atoms. The van der Waals surface area contributed by atoms with Crippen molar-refractivity contribution in [2.45, 2.75) is 27.6 Å². The number of pyridine rings is 1. The van der Waals surface area contributed by atoms with Gasteiger partial charge in [-0.05, 0) is 48.0 Å². The van der Waals surface area contributed by atoms with Gasteiger partial charge >= 0.3 is 4.87 Å². The summed E-state index contributed by atoms with van der Waals surface area (Å²) >= 11 is 2.06. The minimum Gasteiger partial charge on any atom is -0.325 e. The number of carbonyl (C=O) groups is 3. The smallest absolute Gasteiger partial charge is 0.308 e. The Morgan fingerprint density at radius 3 is 2.37 bits per heavy atom. The third kappa shape index (κ3) is 4.88. The van der Waals surface area contributed by atoms with Gasteiger partial charge in [0, 0.05) is 28.9 Å². The maximum absolute atomic E-state index is 13.8. The lowest BCUT2D eigenvalue weighted by Crippen LogP contribution is -2.33. The summed E-state index contributed by atoms with van der Waals surface area (Å²) in [4.78, 5) is 59.1. The highest BCUT2D eigenvalue weighted by molar-refractivity contribution is 8.00. The number of benzene rings is 2. The third-order valence-corrected chi connectivity index (χ3v) is 10.4. The van der Waals surface area contributed by atoms with E-state index >= 15 is 0 Å². The molecule has 0 spiro atoms. The van der Waals surface area contributed by atoms with Crippen LogP contribution >= 0.6 is 23.1 Å². The van der Waals surface area contributed by atoms with Crippen molar-refractivity contribution >= 4 is 62.2 Å². The van der Waals surface area contributed by atoms with Crippen LogP contribution in [0, 0.1) is 5.92 Å². The maximum atomic E-state index is 13.8. The van der Waals surface area contributed by atoms with Crippen LogP contribution in [-0.2, 0) is 31.0 Å². The standard InChI is InChI=1S/C27H21N5O6S3/c28-41(37,38)18-10-8-16(9-11-18)30-19(33)14-31-26-23(40-27(31)36)20(15-5-4-12-29-13-15)21-22(39-26)25(35)32(24(21)34)17-6-2-1-3-7-17/h1-13,20-22H,14H2,(H,30,33)(H2,28,37,38)/t20-,21?,22?/m1/s1. The Morgan fingerprint density at radius 2 is 1.71 bits per heavy atom. The summed E-state index contributed by atoms with van der Waals surface area (Å²) in [5.41, 5.74) is 1.47. The van der Waals surface area contributed by atoms with Gasteiger partial charge in [0.25, 0.3) is 0 Å². The molecule has 0 radical (unpaired) electrons.